The van der Waals surface area contributed by atoms with Crippen LogP contribution >= 0.6 is 11.6 Å². The van der Waals surface area contributed by atoms with E-state index in [9.17, 15) is 9.59 Å². The molecule has 1 aliphatic carbocycles. The van der Waals surface area contributed by atoms with Crippen LogP contribution in [0.25, 0.3) is 0 Å². The molecule has 2 N–H and O–H groups in total. The summed E-state index contributed by atoms with van der Waals surface area (Å²) in [5, 5.41) is 5.94. The van der Waals surface area contributed by atoms with E-state index in [4.69, 9.17) is 11.6 Å². The number of benzene rings is 1. The zero-order chi connectivity index (χ0) is 13.9. The second-order valence-electron chi connectivity index (χ2n) is 4.55. The number of amides is 2. The highest BCUT2D eigenvalue weighted by Gasteiger charge is 2.56. The predicted octanol–water partition coefficient (Wildman–Crippen LogP) is 2.36. The Hall–Kier alpha value is -1.81. The fourth-order valence-corrected chi connectivity index (χ4v) is 2.02. The molecule has 19 heavy (non-hydrogen) atoms. The number of anilines is 1. The summed E-state index contributed by atoms with van der Waals surface area (Å²) in [6.45, 7) is 3.89. The third-order valence-electron chi connectivity index (χ3n) is 3.11. The molecule has 100 valence electrons. The van der Waals surface area contributed by atoms with E-state index in [1.807, 2.05) is 0 Å². The van der Waals surface area contributed by atoms with Crippen LogP contribution in [0, 0.1) is 5.41 Å². The van der Waals surface area contributed by atoms with E-state index in [1.165, 1.54) is 0 Å². The zero-order valence-corrected chi connectivity index (χ0v) is 11.2. The molecule has 2 rings (SSSR count). The van der Waals surface area contributed by atoms with Gasteiger partial charge < -0.3 is 10.6 Å². The van der Waals surface area contributed by atoms with Gasteiger partial charge in [-0.1, -0.05) is 23.7 Å². The lowest BCUT2D eigenvalue weighted by atomic mass is 10.1. The summed E-state index contributed by atoms with van der Waals surface area (Å²) in [5.41, 5.74) is -0.328. The number of rotatable bonds is 5. The highest BCUT2D eigenvalue weighted by molar-refractivity contribution is 6.31. The molecule has 1 aromatic carbocycles. The van der Waals surface area contributed by atoms with Gasteiger partial charge in [0.15, 0.2) is 0 Å². The zero-order valence-electron chi connectivity index (χ0n) is 10.4. The largest absolute Gasteiger partial charge is 0.352 e. The van der Waals surface area contributed by atoms with Crippen LogP contribution in [0.15, 0.2) is 36.9 Å². The molecule has 5 heteroatoms. The second kappa shape index (κ2) is 5.45. The molecule has 0 aromatic heterocycles. The van der Waals surface area contributed by atoms with E-state index in [0.717, 1.165) is 0 Å². The van der Waals surface area contributed by atoms with Crippen LogP contribution in [0.2, 0.25) is 5.02 Å². The van der Waals surface area contributed by atoms with Crippen LogP contribution in [0.1, 0.15) is 12.8 Å². The van der Waals surface area contributed by atoms with Crippen molar-refractivity contribution in [2.75, 3.05) is 11.9 Å². The van der Waals surface area contributed by atoms with Crippen LogP contribution in [0.5, 0.6) is 0 Å². The maximum absolute atomic E-state index is 12.2. The quantitative estimate of drug-likeness (QED) is 0.642. The fourth-order valence-electron chi connectivity index (χ4n) is 1.83. The topological polar surface area (TPSA) is 58.2 Å². The summed E-state index contributed by atoms with van der Waals surface area (Å²) in [5.74, 6) is -0.525. The minimum atomic E-state index is -0.925. The molecule has 1 aliphatic rings. The van der Waals surface area contributed by atoms with Crippen molar-refractivity contribution >= 4 is 29.1 Å². The minimum Gasteiger partial charge on any atom is -0.352 e. The van der Waals surface area contributed by atoms with Gasteiger partial charge in [0, 0.05) is 17.3 Å². The molecule has 1 fully saturated rings. The van der Waals surface area contributed by atoms with Gasteiger partial charge in [-0.2, -0.15) is 0 Å². The first-order valence-electron chi connectivity index (χ1n) is 6.05. The summed E-state index contributed by atoms with van der Waals surface area (Å²) in [6.07, 6.45) is 2.73. The van der Waals surface area contributed by atoms with Gasteiger partial charge in [0.2, 0.25) is 11.8 Å². The third-order valence-corrected chi connectivity index (χ3v) is 3.34. The molecule has 0 saturated heterocycles. The number of hydrogen-bond donors (Lipinski definition) is 2. The van der Waals surface area contributed by atoms with Gasteiger partial charge in [0.05, 0.1) is 0 Å². The highest BCUT2D eigenvalue weighted by Crippen LogP contribution is 2.46. The SMILES string of the molecule is C=CCNC(=O)C1(C(=O)Nc2cccc(Cl)c2)CC1. The van der Waals surface area contributed by atoms with E-state index in [0.29, 0.717) is 30.1 Å². The van der Waals surface area contributed by atoms with Crippen molar-refractivity contribution in [3.8, 4) is 0 Å². The van der Waals surface area contributed by atoms with Crippen molar-refractivity contribution in [2.24, 2.45) is 5.41 Å². The fraction of sp³-hybridized carbons (Fsp3) is 0.286. The Morgan fingerprint density at radius 3 is 2.68 bits per heavy atom. The van der Waals surface area contributed by atoms with Crippen LogP contribution in [0.4, 0.5) is 5.69 Å². The second-order valence-corrected chi connectivity index (χ2v) is 4.98. The monoisotopic (exact) mass is 278 g/mol. The molecule has 1 aromatic rings. The number of carbonyl (C=O) groups excluding carboxylic acids is 2. The lowest BCUT2D eigenvalue weighted by molar-refractivity contribution is -0.134. The van der Waals surface area contributed by atoms with Gasteiger partial charge in [-0.3, -0.25) is 9.59 Å². The Morgan fingerprint density at radius 1 is 1.37 bits per heavy atom. The molecule has 1 saturated carbocycles. The van der Waals surface area contributed by atoms with E-state index in [-0.39, 0.29) is 11.8 Å². The summed E-state index contributed by atoms with van der Waals surface area (Å²) >= 11 is 5.85. The van der Waals surface area contributed by atoms with Gasteiger partial charge in [0.1, 0.15) is 5.41 Å². The van der Waals surface area contributed by atoms with Gasteiger partial charge in [-0.05, 0) is 31.0 Å². The molecular weight excluding hydrogens is 264 g/mol. The van der Waals surface area contributed by atoms with Gasteiger partial charge in [-0.25, -0.2) is 0 Å². The van der Waals surface area contributed by atoms with E-state index < -0.39 is 5.41 Å². The molecule has 0 atom stereocenters. The van der Waals surface area contributed by atoms with Gasteiger partial charge in [0.25, 0.3) is 0 Å². The molecular formula is C14H15ClN2O2. The predicted molar refractivity (Wildman–Crippen MR) is 75.0 cm³/mol. The Morgan fingerprint density at radius 2 is 2.11 bits per heavy atom. The van der Waals surface area contributed by atoms with Crippen LogP contribution in [0.3, 0.4) is 0 Å². The Balaban J connectivity index is 2.03. The van der Waals surface area contributed by atoms with Crippen LogP contribution in [-0.4, -0.2) is 18.4 Å². The van der Waals surface area contributed by atoms with Crippen LogP contribution in [-0.2, 0) is 9.59 Å². The maximum atomic E-state index is 12.2. The lowest BCUT2D eigenvalue weighted by Gasteiger charge is -2.14. The van der Waals surface area contributed by atoms with Crippen LogP contribution < -0.4 is 10.6 Å². The molecule has 0 unspecified atom stereocenters. The smallest absolute Gasteiger partial charge is 0.240 e. The van der Waals surface area contributed by atoms with Crippen molar-refractivity contribution in [2.45, 2.75) is 12.8 Å². The van der Waals surface area contributed by atoms with Gasteiger partial charge in [-0.15, -0.1) is 6.58 Å². The Labute approximate surface area is 116 Å². The molecule has 0 heterocycles. The molecule has 0 bridgehead atoms. The van der Waals surface area contributed by atoms with Gasteiger partial charge >= 0.3 is 0 Å². The van der Waals surface area contributed by atoms with E-state index in [1.54, 1.807) is 30.3 Å². The van der Waals surface area contributed by atoms with Crippen molar-refractivity contribution < 1.29 is 9.59 Å². The molecule has 2 amide bonds. The molecule has 4 nitrogen and oxygen atoms in total. The average Bonchev–Trinajstić information content (AvgIpc) is 3.17. The summed E-state index contributed by atoms with van der Waals surface area (Å²) in [4.78, 5) is 24.1. The highest BCUT2D eigenvalue weighted by atomic mass is 35.5. The molecule has 0 spiro atoms. The molecule has 0 aliphatic heterocycles. The summed E-state index contributed by atoms with van der Waals surface area (Å²) < 4.78 is 0. The summed E-state index contributed by atoms with van der Waals surface area (Å²) in [7, 11) is 0. The van der Waals surface area contributed by atoms with Crippen molar-refractivity contribution in [3.63, 3.8) is 0 Å². The summed E-state index contributed by atoms with van der Waals surface area (Å²) in [6, 6.07) is 6.86. The number of hydrogen-bond acceptors (Lipinski definition) is 2. The first kappa shape index (κ1) is 13.6. The number of nitrogens with one attached hydrogen (secondary N) is 2. The standard InChI is InChI=1S/C14H15ClN2O2/c1-2-8-16-12(18)14(6-7-14)13(19)17-11-5-3-4-10(15)9-11/h2-5,9H,1,6-8H2,(H,16,18)(H,17,19). The first-order chi connectivity index (χ1) is 9.08. The molecule has 0 radical (unpaired) electrons. The number of halogens is 1. The Kier molecular flexibility index (Phi) is 3.90. The number of carbonyl (C=O) groups is 2. The van der Waals surface area contributed by atoms with Crippen molar-refractivity contribution in [1.29, 1.82) is 0 Å². The maximum Gasteiger partial charge on any atom is 0.240 e. The van der Waals surface area contributed by atoms with E-state index >= 15 is 0 Å². The average molecular weight is 279 g/mol. The van der Waals surface area contributed by atoms with Crippen molar-refractivity contribution in [3.05, 3.63) is 41.9 Å². The normalized spacial score (nSPS) is 15.4. The Bertz CT molecular complexity index is 524. The van der Waals surface area contributed by atoms with Crippen molar-refractivity contribution in [1.82, 2.24) is 5.32 Å². The lowest BCUT2D eigenvalue weighted by Crippen LogP contribution is -2.40. The third kappa shape index (κ3) is 2.96. The first-order valence-corrected chi connectivity index (χ1v) is 6.42. The van der Waals surface area contributed by atoms with E-state index in [2.05, 4.69) is 17.2 Å². The minimum absolute atomic E-state index is 0.244.